The third-order valence-corrected chi connectivity index (χ3v) is 2.99. The molecule has 0 amide bonds. The molecule has 16 heavy (non-hydrogen) atoms. The Morgan fingerprint density at radius 1 is 1.44 bits per heavy atom. The smallest absolute Gasteiger partial charge is 0.320 e. The Balaban J connectivity index is 2.00. The lowest BCUT2D eigenvalue weighted by atomic mass is 10.1. The van der Waals surface area contributed by atoms with E-state index < -0.39 is 5.97 Å². The Kier molecular flexibility index (Phi) is 5.77. The van der Waals surface area contributed by atoms with Gasteiger partial charge in [0.05, 0.1) is 0 Å². The molecule has 94 valence electrons. The summed E-state index contributed by atoms with van der Waals surface area (Å²) in [6.07, 6.45) is 3.70. The quantitative estimate of drug-likeness (QED) is 0.652. The van der Waals surface area contributed by atoms with E-state index in [0.29, 0.717) is 12.0 Å². The highest BCUT2D eigenvalue weighted by molar-refractivity contribution is 5.73. The summed E-state index contributed by atoms with van der Waals surface area (Å²) in [6.45, 7) is 5.90. The van der Waals surface area contributed by atoms with E-state index in [-0.39, 0.29) is 6.04 Å². The maximum Gasteiger partial charge on any atom is 0.320 e. The van der Waals surface area contributed by atoms with Crippen LogP contribution in [0, 0.1) is 5.92 Å². The molecular formula is C12H23NO3. The van der Waals surface area contributed by atoms with Crippen LogP contribution in [0.25, 0.3) is 0 Å². The second kappa shape index (κ2) is 6.86. The number of carboxylic acids is 1. The first-order valence-corrected chi connectivity index (χ1v) is 6.16. The van der Waals surface area contributed by atoms with Crippen LogP contribution in [0.15, 0.2) is 0 Å². The predicted octanol–water partition coefficient (Wildman–Crippen LogP) is 1.64. The zero-order valence-corrected chi connectivity index (χ0v) is 10.2. The van der Waals surface area contributed by atoms with Gasteiger partial charge in [-0.2, -0.15) is 0 Å². The third-order valence-electron chi connectivity index (χ3n) is 2.99. The molecule has 2 N–H and O–H groups in total. The number of hydrogen-bond donors (Lipinski definition) is 2. The Hall–Kier alpha value is -0.610. The molecule has 0 bridgehead atoms. The molecule has 1 rings (SSSR count). The van der Waals surface area contributed by atoms with Crippen LogP contribution in [0.2, 0.25) is 0 Å². The van der Waals surface area contributed by atoms with Crippen LogP contribution in [-0.2, 0) is 9.53 Å². The molecule has 1 aliphatic rings. The SMILES string of the molecule is CC(C)CCOCCC1CCC(C(=O)O)N1. The second-order valence-corrected chi connectivity index (χ2v) is 4.92. The van der Waals surface area contributed by atoms with Gasteiger partial charge in [-0.1, -0.05) is 13.8 Å². The summed E-state index contributed by atoms with van der Waals surface area (Å²) in [6, 6.07) is -0.0270. The maximum absolute atomic E-state index is 10.7. The highest BCUT2D eigenvalue weighted by atomic mass is 16.5. The van der Waals surface area contributed by atoms with Crippen molar-refractivity contribution < 1.29 is 14.6 Å². The second-order valence-electron chi connectivity index (χ2n) is 4.92. The van der Waals surface area contributed by atoms with Crippen LogP contribution in [0.4, 0.5) is 0 Å². The normalized spacial score (nSPS) is 25.2. The number of hydrogen-bond acceptors (Lipinski definition) is 3. The van der Waals surface area contributed by atoms with Crippen molar-refractivity contribution in [1.82, 2.24) is 5.32 Å². The zero-order valence-electron chi connectivity index (χ0n) is 10.2. The summed E-state index contributed by atoms with van der Waals surface area (Å²) in [7, 11) is 0. The number of ether oxygens (including phenoxy) is 1. The minimum absolute atomic E-state index is 0.320. The third kappa shape index (κ3) is 4.94. The van der Waals surface area contributed by atoms with E-state index in [1.807, 2.05) is 0 Å². The Morgan fingerprint density at radius 3 is 2.75 bits per heavy atom. The van der Waals surface area contributed by atoms with Crippen LogP contribution in [0.1, 0.15) is 39.5 Å². The van der Waals surface area contributed by atoms with Gasteiger partial charge in [0, 0.05) is 19.3 Å². The molecule has 2 atom stereocenters. The minimum atomic E-state index is -0.733. The molecule has 1 fully saturated rings. The number of aliphatic carboxylic acids is 1. The molecule has 0 spiro atoms. The number of rotatable bonds is 7. The lowest BCUT2D eigenvalue weighted by Gasteiger charge is -2.12. The van der Waals surface area contributed by atoms with Crippen molar-refractivity contribution in [2.45, 2.75) is 51.6 Å². The first kappa shape index (κ1) is 13.5. The van der Waals surface area contributed by atoms with E-state index in [9.17, 15) is 4.79 Å². The minimum Gasteiger partial charge on any atom is -0.480 e. The lowest BCUT2D eigenvalue weighted by Crippen LogP contribution is -2.35. The largest absolute Gasteiger partial charge is 0.480 e. The topological polar surface area (TPSA) is 58.6 Å². The van der Waals surface area contributed by atoms with Gasteiger partial charge in [-0.25, -0.2) is 0 Å². The molecule has 0 aromatic rings. The fourth-order valence-electron chi connectivity index (χ4n) is 1.89. The van der Waals surface area contributed by atoms with E-state index in [2.05, 4.69) is 19.2 Å². The van der Waals surface area contributed by atoms with Crippen LogP contribution < -0.4 is 5.32 Å². The van der Waals surface area contributed by atoms with Crippen molar-refractivity contribution in [3.63, 3.8) is 0 Å². The average Bonchev–Trinajstić information content (AvgIpc) is 2.65. The van der Waals surface area contributed by atoms with Crippen LogP contribution in [0.3, 0.4) is 0 Å². The van der Waals surface area contributed by atoms with Gasteiger partial charge in [-0.05, 0) is 31.6 Å². The van der Waals surface area contributed by atoms with E-state index >= 15 is 0 Å². The average molecular weight is 229 g/mol. The molecule has 0 aromatic heterocycles. The summed E-state index contributed by atoms with van der Waals surface area (Å²) in [5.74, 6) is -0.0516. The summed E-state index contributed by atoms with van der Waals surface area (Å²) in [5, 5.41) is 11.9. The molecule has 0 aromatic carbocycles. The summed E-state index contributed by atoms with van der Waals surface area (Å²) >= 11 is 0. The molecule has 4 nitrogen and oxygen atoms in total. The number of carbonyl (C=O) groups is 1. The molecule has 1 heterocycles. The van der Waals surface area contributed by atoms with Crippen molar-refractivity contribution in [1.29, 1.82) is 0 Å². The van der Waals surface area contributed by atoms with E-state index in [0.717, 1.165) is 38.9 Å². The zero-order chi connectivity index (χ0) is 12.0. The van der Waals surface area contributed by atoms with Gasteiger partial charge >= 0.3 is 5.97 Å². The highest BCUT2D eigenvalue weighted by Crippen LogP contribution is 2.15. The van der Waals surface area contributed by atoms with Crippen LogP contribution >= 0.6 is 0 Å². The standard InChI is InChI=1S/C12H23NO3/c1-9(2)5-7-16-8-6-10-3-4-11(13-10)12(14)15/h9-11,13H,3-8H2,1-2H3,(H,14,15). The monoisotopic (exact) mass is 229 g/mol. The van der Waals surface area contributed by atoms with Crippen molar-refractivity contribution in [2.75, 3.05) is 13.2 Å². The fourth-order valence-corrected chi connectivity index (χ4v) is 1.89. The predicted molar refractivity (Wildman–Crippen MR) is 62.5 cm³/mol. The van der Waals surface area contributed by atoms with E-state index in [4.69, 9.17) is 9.84 Å². The van der Waals surface area contributed by atoms with Crippen molar-refractivity contribution in [3.05, 3.63) is 0 Å². The molecule has 4 heteroatoms. The molecule has 0 saturated carbocycles. The van der Waals surface area contributed by atoms with Gasteiger partial charge in [0.1, 0.15) is 6.04 Å². The molecule has 0 aliphatic carbocycles. The molecule has 2 unspecified atom stereocenters. The Labute approximate surface area is 97.4 Å². The van der Waals surface area contributed by atoms with Gasteiger partial charge in [0.2, 0.25) is 0 Å². The first-order chi connectivity index (χ1) is 7.59. The molecule has 1 aliphatic heterocycles. The first-order valence-electron chi connectivity index (χ1n) is 6.16. The Morgan fingerprint density at radius 2 is 2.19 bits per heavy atom. The lowest BCUT2D eigenvalue weighted by molar-refractivity contribution is -0.139. The van der Waals surface area contributed by atoms with Crippen molar-refractivity contribution in [2.24, 2.45) is 5.92 Å². The number of carboxylic acid groups (broad SMARTS) is 1. The summed E-state index contributed by atoms with van der Waals surface area (Å²) in [5.41, 5.74) is 0. The molecular weight excluding hydrogens is 206 g/mol. The van der Waals surface area contributed by atoms with Crippen molar-refractivity contribution >= 4 is 5.97 Å². The number of nitrogens with one attached hydrogen (secondary N) is 1. The van der Waals surface area contributed by atoms with Gasteiger partial charge in [0.15, 0.2) is 0 Å². The van der Waals surface area contributed by atoms with Crippen LogP contribution in [0.5, 0.6) is 0 Å². The van der Waals surface area contributed by atoms with Gasteiger partial charge in [-0.3, -0.25) is 4.79 Å². The highest BCUT2D eigenvalue weighted by Gasteiger charge is 2.28. The summed E-state index contributed by atoms with van der Waals surface area (Å²) < 4.78 is 5.51. The van der Waals surface area contributed by atoms with Crippen LogP contribution in [-0.4, -0.2) is 36.4 Å². The Bertz CT molecular complexity index is 218. The van der Waals surface area contributed by atoms with Gasteiger partial charge < -0.3 is 15.2 Å². The van der Waals surface area contributed by atoms with E-state index in [1.165, 1.54) is 0 Å². The molecule has 1 saturated heterocycles. The van der Waals surface area contributed by atoms with Gasteiger partial charge in [0.25, 0.3) is 0 Å². The maximum atomic E-state index is 10.7. The van der Waals surface area contributed by atoms with E-state index in [1.54, 1.807) is 0 Å². The molecule has 0 radical (unpaired) electrons. The fraction of sp³-hybridized carbons (Fsp3) is 0.917. The van der Waals surface area contributed by atoms with Gasteiger partial charge in [-0.15, -0.1) is 0 Å². The van der Waals surface area contributed by atoms with Crippen molar-refractivity contribution in [3.8, 4) is 0 Å². The summed E-state index contributed by atoms with van der Waals surface area (Å²) in [4.78, 5) is 10.7.